The molecule has 2 heterocycles. The van der Waals surface area contributed by atoms with Gasteiger partial charge >= 0.3 is 0 Å². The van der Waals surface area contributed by atoms with Gasteiger partial charge in [-0.2, -0.15) is 0 Å². The zero-order valence-electron chi connectivity index (χ0n) is 15.7. The smallest absolute Gasteiger partial charge is 0.269 e. The van der Waals surface area contributed by atoms with Crippen molar-refractivity contribution < 1.29 is 14.0 Å². The highest BCUT2D eigenvalue weighted by molar-refractivity contribution is 8.02. The van der Waals surface area contributed by atoms with E-state index in [0.29, 0.717) is 22.0 Å². The molecule has 2 aliphatic rings. The van der Waals surface area contributed by atoms with Crippen molar-refractivity contribution in [3.8, 4) is 0 Å². The summed E-state index contributed by atoms with van der Waals surface area (Å²) in [6.45, 7) is 0.0857. The number of amides is 2. The molecular weight excluding hydrogens is 423 g/mol. The first-order valence-electron chi connectivity index (χ1n) is 9.40. The number of nitrogens with zero attached hydrogens (tertiary/aromatic N) is 2. The molecule has 1 saturated heterocycles. The largest absolute Gasteiger partial charge is 0.304 e. The minimum atomic E-state index is -1.23. The molecule has 2 amide bonds. The van der Waals surface area contributed by atoms with Gasteiger partial charge < -0.3 is 4.90 Å². The van der Waals surface area contributed by atoms with Crippen LogP contribution in [0.5, 0.6) is 0 Å². The summed E-state index contributed by atoms with van der Waals surface area (Å²) in [5.74, 6) is -0.633. The highest BCUT2D eigenvalue weighted by Crippen LogP contribution is 2.56. The lowest BCUT2D eigenvalue weighted by Gasteiger charge is -2.33. The number of anilines is 2. The Kier molecular flexibility index (Phi) is 4.56. The van der Waals surface area contributed by atoms with E-state index in [0.717, 1.165) is 5.56 Å². The Morgan fingerprint density at radius 1 is 1.00 bits per heavy atom. The van der Waals surface area contributed by atoms with Crippen molar-refractivity contribution in [2.45, 2.75) is 11.4 Å². The first-order chi connectivity index (χ1) is 14.5. The summed E-state index contributed by atoms with van der Waals surface area (Å²) in [5, 5.41) is 0.481. The van der Waals surface area contributed by atoms with Gasteiger partial charge in [-0.05, 0) is 30.3 Å². The van der Waals surface area contributed by atoms with Crippen LogP contribution in [0.2, 0.25) is 5.02 Å². The molecule has 1 spiro atoms. The second-order valence-electron chi connectivity index (χ2n) is 7.14. The number of para-hydroxylation sites is 1. The quantitative estimate of drug-likeness (QED) is 0.580. The molecule has 1 atom stereocenters. The van der Waals surface area contributed by atoms with Gasteiger partial charge in [-0.3, -0.25) is 14.5 Å². The van der Waals surface area contributed by atoms with Gasteiger partial charge in [0.05, 0.1) is 18.0 Å². The summed E-state index contributed by atoms with van der Waals surface area (Å²) in [4.78, 5) is 28.7. The van der Waals surface area contributed by atoms with Gasteiger partial charge in [0.2, 0.25) is 10.8 Å². The Bertz CT molecular complexity index is 1190. The summed E-state index contributed by atoms with van der Waals surface area (Å²) in [6.07, 6.45) is 0. The number of fused-ring (bicyclic) bond motifs is 2. The fraction of sp³-hybridized carbons (Fsp3) is 0.130. The number of hydrogen-bond donors (Lipinski definition) is 0. The van der Waals surface area contributed by atoms with E-state index in [4.69, 9.17) is 11.6 Å². The molecule has 150 valence electrons. The van der Waals surface area contributed by atoms with Crippen LogP contribution >= 0.6 is 23.4 Å². The standard InChI is InChI=1S/C23H16ClFN2O2S/c24-16-7-5-8-17(12-16)27-21(28)14-30-23(27)18-9-2-4-11-20(18)26(22(23)29)13-15-6-1-3-10-19(15)25/h1-12H,13-14H2. The summed E-state index contributed by atoms with van der Waals surface area (Å²) in [6, 6.07) is 20.7. The Hall–Kier alpha value is -2.83. The van der Waals surface area contributed by atoms with Gasteiger partial charge in [-0.1, -0.05) is 54.1 Å². The molecule has 3 aromatic rings. The summed E-state index contributed by atoms with van der Waals surface area (Å²) >= 11 is 7.46. The van der Waals surface area contributed by atoms with E-state index in [1.807, 2.05) is 24.3 Å². The van der Waals surface area contributed by atoms with Crippen molar-refractivity contribution in [1.29, 1.82) is 0 Å². The van der Waals surface area contributed by atoms with E-state index in [-0.39, 0.29) is 29.9 Å². The van der Waals surface area contributed by atoms with E-state index in [9.17, 15) is 14.0 Å². The van der Waals surface area contributed by atoms with Gasteiger partial charge in [0.15, 0.2) is 0 Å². The number of thioether (sulfide) groups is 1. The van der Waals surface area contributed by atoms with E-state index in [1.54, 1.807) is 47.4 Å². The first kappa shape index (κ1) is 19.2. The predicted octanol–water partition coefficient (Wildman–Crippen LogP) is 4.96. The second kappa shape index (κ2) is 7.15. The van der Waals surface area contributed by atoms with Gasteiger partial charge in [-0.25, -0.2) is 4.39 Å². The van der Waals surface area contributed by atoms with Crippen LogP contribution in [0.1, 0.15) is 11.1 Å². The van der Waals surface area contributed by atoms with Crippen molar-refractivity contribution >= 4 is 46.6 Å². The zero-order valence-corrected chi connectivity index (χ0v) is 17.3. The van der Waals surface area contributed by atoms with Crippen LogP contribution in [0, 0.1) is 5.82 Å². The third kappa shape index (κ3) is 2.75. The number of halogens is 2. The second-order valence-corrected chi connectivity index (χ2v) is 8.75. The molecule has 0 aromatic heterocycles. The van der Waals surface area contributed by atoms with Crippen LogP contribution in [0.4, 0.5) is 15.8 Å². The molecule has 0 aliphatic carbocycles. The lowest BCUT2D eigenvalue weighted by atomic mass is 10.0. The summed E-state index contributed by atoms with van der Waals surface area (Å²) in [5.41, 5.74) is 2.39. The van der Waals surface area contributed by atoms with Gasteiger partial charge in [0.25, 0.3) is 5.91 Å². The predicted molar refractivity (Wildman–Crippen MR) is 117 cm³/mol. The fourth-order valence-electron chi connectivity index (χ4n) is 4.12. The van der Waals surface area contributed by atoms with Gasteiger partial charge in [0.1, 0.15) is 5.82 Å². The minimum Gasteiger partial charge on any atom is -0.304 e. The molecule has 2 aliphatic heterocycles. The maximum absolute atomic E-state index is 14.3. The summed E-state index contributed by atoms with van der Waals surface area (Å²) in [7, 11) is 0. The lowest BCUT2D eigenvalue weighted by molar-refractivity contribution is -0.123. The number of carbonyl (C=O) groups is 2. The normalized spacial score (nSPS) is 20.3. The molecule has 4 nitrogen and oxygen atoms in total. The Labute approximate surface area is 182 Å². The Morgan fingerprint density at radius 2 is 1.77 bits per heavy atom. The topological polar surface area (TPSA) is 40.6 Å². The van der Waals surface area contributed by atoms with Crippen LogP contribution in [0.25, 0.3) is 0 Å². The van der Waals surface area contributed by atoms with Crippen molar-refractivity contribution in [2.75, 3.05) is 15.6 Å². The molecule has 7 heteroatoms. The molecule has 1 unspecified atom stereocenters. The van der Waals surface area contributed by atoms with E-state index >= 15 is 0 Å². The van der Waals surface area contributed by atoms with Crippen molar-refractivity contribution in [3.05, 3.63) is 94.8 Å². The highest BCUT2D eigenvalue weighted by Gasteiger charge is 2.60. The third-order valence-electron chi connectivity index (χ3n) is 5.42. The van der Waals surface area contributed by atoms with Crippen LogP contribution in [-0.4, -0.2) is 17.6 Å². The lowest BCUT2D eigenvalue weighted by Crippen LogP contribution is -2.49. The van der Waals surface area contributed by atoms with Crippen LogP contribution in [0.15, 0.2) is 72.8 Å². The van der Waals surface area contributed by atoms with Crippen LogP contribution in [-0.2, 0) is 21.0 Å². The molecule has 5 rings (SSSR count). The Balaban J connectivity index is 1.66. The maximum atomic E-state index is 14.3. The van der Waals surface area contributed by atoms with Crippen LogP contribution < -0.4 is 9.80 Å². The van der Waals surface area contributed by atoms with Gasteiger partial charge in [-0.15, -0.1) is 11.8 Å². The number of benzene rings is 3. The molecule has 1 fully saturated rings. The van der Waals surface area contributed by atoms with Crippen molar-refractivity contribution in [2.24, 2.45) is 0 Å². The molecular formula is C23H16ClFN2O2S. The SMILES string of the molecule is O=C1CSC2(C(=O)N(Cc3ccccc3F)c3ccccc32)N1c1cccc(Cl)c1. The van der Waals surface area contributed by atoms with Gasteiger partial charge in [0, 0.05) is 21.8 Å². The minimum absolute atomic E-state index is 0.0857. The third-order valence-corrected chi connectivity index (χ3v) is 7.04. The number of rotatable bonds is 3. The maximum Gasteiger partial charge on any atom is 0.269 e. The van der Waals surface area contributed by atoms with E-state index < -0.39 is 4.87 Å². The molecule has 0 radical (unpaired) electrons. The molecule has 0 bridgehead atoms. The van der Waals surface area contributed by atoms with Crippen molar-refractivity contribution in [1.82, 2.24) is 0 Å². The Morgan fingerprint density at radius 3 is 2.57 bits per heavy atom. The van der Waals surface area contributed by atoms with E-state index in [1.165, 1.54) is 22.7 Å². The molecule has 3 aromatic carbocycles. The number of hydrogen-bond acceptors (Lipinski definition) is 3. The molecule has 0 saturated carbocycles. The summed E-state index contributed by atoms with van der Waals surface area (Å²) < 4.78 is 14.3. The van der Waals surface area contributed by atoms with Crippen molar-refractivity contribution in [3.63, 3.8) is 0 Å². The van der Waals surface area contributed by atoms with E-state index in [2.05, 4.69) is 0 Å². The van der Waals surface area contributed by atoms with Crippen LogP contribution in [0.3, 0.4) is 0 Å². The average molecular weight is 439 g/mol. The monoisotopic (exact) mass is 438 g/mol. The molecule has 30 heavy (non-hydrogen) atoms. The first-order valence-corrected chi connectivity index (χ1v) is 10.8. The zero-order chi connectivity index (χ0) is 20.9. The fourth-order valence-corrected chi connectivity index (χ4v) is 5.67. The highest BCUT2D eigenvalue weighted by atomic mass is 35.5. The number of carbonyl (C=O) groups excluding carboxylic acids is 2. The average Bonchev–Trinajstić information content (AvgIpc) is 3.21. The molecule has 0 N–H and O–H groups in total.